The van der Waals surface area contributed by atoms with Crippen LogP contribution in [0.25, 0.3) is 0 Å². The van der Waals surface area contributed by atoms with Gasteiger partial charge in [0.15, 0.2) is 18.1 Å². The number of ether oxygens (including phenoxy) is 3. The van der Waals surface area contributed by atoms with E-state index in [2.05, 4.69) is 10.6 Å². The van der Waals surface area contributed by atoms with Gasteiger partial charge >= 0.3 is 0 Å². The van der Waals surface area contributed by atoms with Gasteiger partial charge in [0.05, 0.1) is 14.2 Å². The number of anilines is 2. The van der Waals surface area contributed by atoms with E-state index in [1.165, 1.54) is 31.9 Å². The zero-order valence-corrected chi connectivity index (χ0v) is 15.8. The molecular formula is C20H23N3O5. The molecule has 0 fully saturated rings. The molecule has 8 heteroatoms. The lowest BCUT2D eigenvalue weighted by Crippen LogP contribution is -2.20. The van der Waals surface area contributed by atoms with Crippen LogP contribution in [0.3, 0.4) is 0 Å². The summed E-state index contributed by atoms with van der Waals surface area (Å²) in [4.78, 5) is 23.7. The van der Waals surface area contributed by atoms with Gasteiger partial charge in [-0.1, -0.05) is 0 Å². The van der Waals surface area contributed by atoms with Crippen LogP contribution in [0.15, 0.2) is 30.3 Å². The van der Waals surface area contributed by atoms with E-state index >= 15 is 0 Å². The second-order valence-electron chi connectivity index (χ2n) is 6.32. The van der Waals surface area contributed by atoms with Gasteiger partial charge in [-0.05, 0) is 48.7 Å². The van der Waals surface area contributed by atoms with E-state index in [4.69, 9.17) is 19.9 Å². The van der Waals surface area contributed by atoms with E-state index in [0.717, 1.165) is 25.1 Å². The Labute approximate surface area is 163 Å². The highest BCUT2D eigenvalue weighted by molar-refractivity contribution is 6.05. The summed E-state index contributed by atoms with van der Waals surface area (Å²) in [6.45, 7) is 0.629. The van der Waals surface area contributed by atoms with Crippen LogP contribution < -0.4 is 30.6 Å². The number of fused-ring (bicyclic) bond motifs is 1. The first-order chi connectivity index (χ1) is 13.5. The monoisotopic (exact) mass is 385 g/mol. The number of methoxy groups -OCH3 is 2. The van der Waals surface area contributed by atoms with Crippen LogP contribution in [-0.4, -0.2) is 39.2 Å². The average molecular weight is 385 g/mol. The highest BCUT2D eigenvalue weighted by Gasteiger charge is 2.19. The van der Waals surface area contributed by atoms with E-state index in [1.807, 2.05) is 18.2 Å². The molecule has 0 aliphatic carbocycles. The predicted molar refractivity (Wildman–Crippen MR) is 105 cm³/mol. The molecule has 0 saturated carbocycles. The van der Waals surface area contributed by atoms with Gasteiger partial charge in [0.2, 0.25) is 5.75 Å². The number of carbonyl (C=O) groups is 2. The number of nitrogens with two attached hydrogens (primary N) is 1. The number of rotatable bonds is 7. The smallest absolute Gasteiger partial charge is 0.255 e. The van der Waals surface area contributed by atoms with Crippen LogP contribution in [0.2, 0.25) is 0 Å². The fraction of sp³-hybridized carbons (Fsp3) is 0.300. The summed E-state index contributed by atoms with van der Waals surface area (Å²) in [5, 5.41) is 6.23. The summed E-state index contributed by atoms with van der Waals surface area (Å²) in [7, 11) is 2.87. The van der Waals surface area contributed by atoms with Crippen LogP contribution in [0.5, 0.6) is 17.2 Å². The Morgan fingerprint density at radius 3 is 2.50 bits per heavy atom. The summed E-state index contributed by atoms with van der Waals surface area (Å²) in [5.74, 6) is -0.212. The molecule has 0 unspecified atom stereocenters. The molecule has 28 heavy (non-hydrogen) atoms. The van der Waals surface area contributed by atoms with Crippen LogP contribution in [0.4, 0.5) is 11.4 Å². The van der Waals surface area contributed by atoms with Crippen molar-refractivity contribution in [2.45, 2.75) is 12.8 Å². The molecule has 0 atom stereocenters. The van der Waals surface area contributed by atoms with Crippen LogP contribution >= 0.6 is 0 Å². The third-order valence-electron chi connectivity index (χ3n) is 4.38. The third kappa shape index (κ3) is 4.28. The Bertz CT molecular complexity index is 872. The minimum absolute atomic E-state index is 0.209. The van der Waals surface area contributed by atoms with E-state index in [0.29, 0.717) is 11.3 Å². The van der Waals surface area contributed by atoms with Crippen LogP contribution in [-0.2, 0) is 11.2 Å². The molecule has 1 heterocycles. The van der Waals surface area contributed by atoms with Gasteiger partial charge in [-0.15, -0.1) is 0 Å². The minimum atomic E-state index is -0.632. The molecule has 1 aliphatic rings. The molecule has 148 valence electrons. The Kier molecular flexibility index (Phi) is 5.88. The second-order valence-corrected chi connectivity index (χ2v) is 6.32. The number of aryl methyl sites for hydroxylation is 1. The number of nitrogens with one attached hydrogen (secondary N) is 2. The third-order valence-corrected chi connectivity index (χ3v) is 4.38. The zero-order chi connectivity index (χ0) is 20.1. The standard InChI is InChI=1S/C20H23N3O5/c1-26-16-9-13(10-17(27-2)19(16)28-11-18(21)24)20(25)23-14-5-6-15-12(8-14)4-3-7-22-15/h5-6,8-10,22H,3-4,7,11H2,1-2H3,(H2,21,24)(H,23,25). The maximum atomic E-state index is 12.7. The van der Waals surface area contributed by atoms with Crippen molar-refractivity contribution in [1.29, 1.82) is 0 Å². The normalized spacial score (nSPS) is 12.4. The largest absolute Gasteiger partial charge is 0.493 e. The van der Waals surface area contributed by atoms with Gasteiger partial charge in [0.25, 0.3) is 11.8 Å². The number of primary amides is 1. The molecule has 4 N–H and O–H groups in total. The van der Waals surface area contributed by atoms with E-state index in [9.17, 15) is 9.59 Å². The summed E-state index contributed by atoms with van der Waals surface area (Å²) < 4.78 is 15.9. The molecule has 0 aromatic heterocycles. The summed E-state index contributed by atoms with van der Waals surface area (Å²) in [6, 6.07) is 8.83. The van der Waals surface area contributed by atoms with Crippen molar-refractivity contribution in [3.05, 3.63) is 41.5 Å². The Hall–Kier alpha value is -3.42. The average Bonchev–Trinajstić information content (AvgIpc) is 2.71. The molecule has 8 nitrogen and oxygen atoms in total. The van der Waals surface area contributed by atoms with Crippen molar-refractivity contribution < 1.29 is 23.8 Å². The Balaban J connectivity index is 1.84. The molecule has 3 rings (SSSR count). The van der Waals surface area contributed by atoms with Gasteiger partial charge in [0, 0.05) is 23.5 Å². The predicted octanol–water partition coefficient (Wildman–Crippen LogP) is 2.18. The SMILES string of the molecule is COc1cc(C(=O)Nc2ccc3c(c2)CCCN3)cc(OC)c1OCC(N)=O. The molecule has 0 spiro atoms. The fourth-order valence-corrected chi connectivity index (χ4v) is 3.05. The number of benzene rings is 2. The van der Waals surface area contributed by atoms with Gasteiger partial charge in [-0.25, -0.2) is 0 Å². The van der Waals surface area contributed by atoms with Crippen molar-refractivity contribution in [3.63, 3.8) is 0 Å². The molecule has 0 radical (unpaired) electrons. The lowest BCUT2D eigenvalue weighted by atomic mass is 10.0. The van der Waals surface area contributed by atoms with Crippen molar-refractivity contribution in [2.75, 3.05) is 38.0 Å². The van der Waals surface area contributed by atoms with E-state index < -0.39 is 5.91 Å². The summed E-state index contributed by atoms with van der Waals surface area (Å²) >= 11 is 0. The summed E-state index contributed by atoms with van der Waals surface area (Å²) in [5.41, 5.74) is 8.43. The minimum Gasteiger partial charge on any atom is -0.493 e. The number of hydrogen-bond donors (Lipinski definition) is 3. The van der Waals surface area contributed by atoms with E-state index in [-0.39, 0.29) is 29.8 Å². The van der Waals surface area contributed by atoms with Gasteiger partial charge in [-0.2, -0.15) is 0 Å². The molecule has 1 aliphatic heterocycles. The Morgan fingerprint density at radius 2 is 1.86 bits per heavy atom. The van der Waals surface area contributed by atoms with Gasteiger partial charge < -0.3 is 30.6 Å². The maximum Gasteiger partial charge on any atom is 0.255 e. The first-order valence-corrected chi connectivity index (χ1v) is 8.87. The number of amides is 2. The molecular weight excluding hydrogens is 362 g/mol. The van der Waals surface area contributed by atoms with Crippen molar-refractivity contribution >= 4 is 23.2 Å². The number of hydrogen-bond acceptors (Lipinski definition) is 6. The first-order valence-electron chi connectivity index (χ1n) is 8.87. The topological polar surface area (TPSA) is 112 Å². The molecule has 2 amide bonds. The molecule has 2 aromatic rings. The van der Waals surface area contributed by atoms with Crippen molar-refractivity contribution in [3.8, 4) is 17.2 Å². The fourth-order valence-electron chi connectivity index (χ4n) is 3.05. The molecule has 0 bridgehead atoms. The van der Waals surface area contributed by atoms with Gasteiger partial charge in [0.1, 0.15) is 0 Å². The maximum absolute atomic E-state index is 12.7. The van der Waals surface area contributed by atoms with Crippen LogP contribution in [0.1, 0.15) is 22.3 Å². The summed E-state index contributed by atoms with van der Waals surface area (Å²) in [6.07, 6.45) is 2.03. The zero-order valence-electron chi connectivity index (χ0n) is 15.8. The van der Waals surface area contributed by atoms with Crippen molar-refractivity contribution in [2.24, 2.45) is 5.73 Å². The van der Waals surface area contributed by atoms with Gasteiger partial charge in [-0.3, -0.25) is 9.59 Å². The Morgan fingerprint density at radius 1 is 1.14 bits per heavy atom. The highest BCUT2D eigenvalue weighted by Crippen LogP contribution is 2.38. The lowest BCUT2D eigenvalue weighted by Gasteiger charge is -2.19. The molecule has 0 saturated heterocycles. The quantitative estimate of drug-likeness (QED) is 0.674. The van der Waals surface area contributed by atoms with Crippen LogP contribution in [0, 0.1) is 0 Å². The highest BCUT2D eigenvalue weighted by atomic mass is 16.5. The number of carbonyl (C=O) groups excluding carboxylic acids is 2. The van der Waals surface area contributed by atoms with E-state index in [1.54, 1.807) is 0 Å². The lowest BCUT2D eigenvalue weighted by molar-refractivity contribution is -0.120. The first kappa shape index (κ1) is 19.3. The van der Waals surface area contributed by atoms with Crippen molar-refractivity contribution in [1.82, 2.24) is 0 Å². The molecule has 2 aromatic carbocycles. The second kappa shape index (κ2) is 8.51.